The summed E-state index contributed by atoms with van der Waals surface area (Å²) in [6.07, 6.45) is 0.0128. The number of carboxylic acid groups (broad SMARTS) is 2. The molecule has 0 radical (unpaired) electrons. The summed E-state index contributed by atoms with van der Waals surface area (Å²) in [5, 5.41) is 17.8. The molecule has 0 amide bonds. The molecule has 1 unspecified atom stereocenters. The van der Waals surface area contributed by atoms with Gasteiger partial charge in [0.25, 0.3) is 0 Å². The zero-order valence-corrected chi connectivity index (χ0v) is 11.7. The Labute approximate surface area is 122 Å². The smallest absolute Gasteiger partial charge is 0.310 e. The predicted molar refractivity (Wildman–Crippen MR) is 75.0 cm³/mol. The highest BCUT2D eigenvalue weighted by Gasteiger charge is 2.24. The molecule has 1 aromatic rings. The minimum Gasteiger partial charge on any atom is -0.481 e. The van der Waals surface area contributed by atoms with Crippen molar-refractivity contribution in [2.24, 2.45) is 5.92 Å². The first-order valence-corrected chi connectivity index (χ1v) is 6.87. The number of benzene rings is 1. The highest BCUT2D eigenvalue weighted by Crippen LogP contribution is 2.13. The quantitative estimate of drug-likeness (QED) is 0.837. The van der Waals surface area contributed by atoms with Crippen molar-refractivity contribution in [1.29, 1.82) is 0 Å². The maximum atomic E-state index is 11.1. The van der Waals surface area contributed by atoms with E-state index in [4.69, 9.17) is 14.9 Å². The third kappa shape index (κ3) is 4.84. The Morgan fingerprint density at radius 1 is 1.19 bits per heavy atom. The van der Waals surface area contributed by atoms with Gasteiger partial charge in [-0.15, -0.1) is 0 Å². The molecule has 2 rings (SSSR count). The molecule has 0 aliphatic carbocycles. The first kappa shape index (κ1) is 15.5. The molecule has 0 spiro atoms. The number of carbonyl (C=O) groups is 2. The molecular formula is C15H19NO5. The first-order valence-electron chi connectivity index (χ1n) is 6.87. The van der Waals surface area contributed by atoms with Gasteiger partial charge in [-0.05, 0) is 11.1 Å². The van der Waals surface area contributed by atoms with Gasteiger partial charge in [-0.3, -0.25) is 14.5 Å². The van der Waals surface area contributed by atoms with Gasteiger partial charge in [-0.1, -0.05) is 24.3 Å². The Morgan fingerprint density at radius 3 is 2.48 bits per heavy atom. The second-order valence-electron chi connectivity index (χ2n) is 5.23. The van der Waals surface area contributed by atoms with Crippen molar-refractivity contribution in [3.05, 3.63) is 35.4 Å². The minimum absolute atomic E-state index is 0.0128. The van der Waals surface area contributed by atoms with Crippen LogP contribution in [-0.2, 0) is 27.3 Å². The molecule has 1 aliphatic rings. The fraction of sp³-hybridized carbons (Fsp3) is 0.467. The van der Waals surface area contributed by atoms with E-state index < -0.39 is 17.9 Å². The molecule has 1 aliphatic heterocycles. The Hall–Kier alpha value is -1.92. The van der Waals surface area contributed by atoms with Gasteiger partial charge in [-0.25, -0.2) is 0 Å². The number of ether oxygens (including phenoxy) is 1. The fourth-order valence-corrected chi connectivity index (χ4v) is 2.36. The molecule has 114 valence electrons. The second-order valence-corrected chi connectivity index (χ2v) is 5.23. The topological polar surface area (TPSA) is 87.1 Å². The van der Waals surface area contributed by atoms with Gasteiger partial charge >= 0.3 is 11.9 Å². The minimum atomic E-state index is -0.850. The number of rotatable bonds is 5. The average molecular weight is 293 g/mol. The number of hydrogen-bond acceptors (Lipinski definition) is 4. The molecule has 0 aromatic heterocycles. The summed E-state index contributed by atoms with van der Waals surface area (Å²) in [6.45, 7) is 2.58. The Bertz CT molecular complexity index is 499. The molecular weight excluding hydrogens is 274 g/mol. The van der Waals surface area contributed by atoms with Crippen LogP contribution in [0.15, 0.2) is 24.3 Å². The molecule has 1 saturated heterocycles. The predicted octanol–water partition coefficient (Wildman–Crippen LogP) is 0.847. The van der Waals surface area contributed by atoms with Gasteiger partial charge in [0.2, 0.25) is 0 Å². The van der Waals surface area contributed by atoms with Crippen LogP contribution < -0.4 is 0 Å². The van der Waals surface area contributed by atoms with Crippen molar-refractivity contribution in [2.45, 2.75) is 13.0 Å². The fourth-order valence-electron chi connectivity index (χ4n) is 2.36. The Balaban J connectivity index is 1.96. The third-order valence-corrected chi connectivity index (χ3v) is 3.48. The van der Waals surface area contributed by atoms with E-state index in [1.54, 1.807) is 12.1 Å². The molecule has 2 N–H and O–H groups in total. The number of hydrogen-bond donors (Lipinski definition) is 2. The zero-order valence-electron chi connectivity index (χ0n) is 11.7. The van der Waals surface area contributed by atoms with E-state index in [0.717, 1.165) is 11.1 Å². The molecule has 0 bridgehead atoms. The van der Waals surface area contributed by atoms with Crippen LogP contribution in [0.5, 0.6) is 0 Å². The van der Waals surface area contributed by atoms with Crippen LogP contribution in [-0.4, -0.2) is 53.4 Å². The lowest BCUT2D eigenvalue weighted by Gasteiger charge is -2.21. The summed E-state index contributed by atoms with van der Waals surface area (Å²) in [4.78, 5) is 23.8. The van der Waals surface area contributed by atoms with Crippen molar-refractivity contribution in [3.8, 4) is 0 Å². The largest absolute Gasteiger partial charge is 0.481 e. The van der Waals surface area contributed by atoms with Gasteiger partial charge in [-0.2, -0.15) is 0 Å². The van der Waals surface area contributed by atoms with Gasteiger partial charge in [0.1, 0.15) is 0 Å². The summed E-state index contributed by atoms with van der Waals surface area (Å²) in [5.74, 6) is -2.19. The monoisotopic (exact) mass is 293 g/mol. The van der Waals surface area contributed by atoms with Crippen LogP contribution in [0.2, 0.25) is 0 Å². The van der Waals surface area contributed by atoms with Gasteiger partial charge in [0.05, 0.1) is 25.6 Å². The summed E-state index contributed by atoms with van der Waals surface area (Å²) in [5.41, 5.74) is 1.80. The van der Waals surface area contributed by atoms with Crippen LogP contribution in [0.4, 0.5) is 0 Å². The van der Waals surface area contributed by atoms with Gasteiger partial charge < -0.3 is 14.9 Å². The second kappa shape index (κ2) is 7.19. The van der Waals surface area contributed by atoms with Crippen LogP contribution in [0.1, 0.15) is 11.1 Å². The number of aliphatic carboxylic acids is 2. The van der Waals surface area contributed by atoms with E-state index in [1.807, 2.05) is 12.1 Å². The normalized spacial score (nSPS) is 19.9. The van der Waals surface area contributed by atoms with Gasteiger partial charge in [0.15, 0.2) is 0 Å². The Morgan fingerprint density at radius 2 is 1.86 bits per heavy atom. The standard InChI is InChI=1S/C15H19NO5/c17-14(18)7-11-1-3-12(4-2-11)8-16-5-6-21-10-13(9-16)15(19)20/h1-4,13H,5-10H2,(H,17,18)(H,19,20). The maximum absolute atomic E-state index is 11.1. The average Bonchev–Trinajstić information content (AvgIpc) is 2.66. The van der Waals surface area contributed by atoms with E-state index >= 15 is 0 Å². The molecule has 1 fully saturated rings. The molecule has 21 heavy (non-hydrogen) atoms. The van der Waals surface area contributed by atoms with Crippen LogP contribution in [0.3, 0.4) is 0 Å². The highest BCUT2D eigenvalue weighted by atomic mass is 16.5. The molecule has 6 heteroatoms. The van der Waals surface area contributed by atoms with Crippen LogP contribution in [0, 0.1) is 5.92 Å². The zero-order chi connectivity index (χ0) is 15.2. The molecule has 1 atom stereocenters. The lowest BCUT2D eigenvalue weighted by Crippen LogP contribution is -2.33. The van der Waals surface area contributed by atoms with Crippen molar-refractivity contribution in [1.82, 2.24) is 4.90 Å². The number of carboxylic acids is 2. The van der Waals surface area contributed by atoms with E-state index in [9.17, 15) is 9.59 Å². The molecule has 0 saturated carbocycles. The summed E-state index contributed by atoms with van der Waals surface area (Å²) in [7, 11) is 0. The maximum Gasteiger partial charge on any atom is 0.310 e. The highest BCUT2D eigenvalue weighted by molar-refractivity contribution is 5.70. The summed E-state index contributed by atoms with van der Waals surface area (Å²) in [6, 6.07) is 7.37. The lowest BCUT2D eigenvalue weighted by molar-refractivity contribution is -0.143. The first-order chi connectivity index (χ1) is 10.0. The third-order valence-electron chi connectivity index (χ3n) is 3.48. The number of nitrogens with zero attached hydrogens (tertiary/aromatic N) is 1. The summed E-state index contributed by atoms with van der Waals surface area (Å²) >= 11 is 0. The van der Waals surface area contributed by atoms with Gasteiger partial charge in [0, 0.05) is 19.6 Å². The van der Waals surface area contributed by atoms with Crippen molar-refractivity contribution in [2.75, 3.05) is 26.3 Å². The van der Waals surface area contributed by atoms with Crippen LogP contribution in [0.25, 0.3) is 0 Å². The van der Waals surface area contributed by atoms with Crippen LogP contribution >= 0.6 is 0 Å². The lowest BCUT2D eigenvalue weighted by atomic mass is 10.1. The van der Waals surface area contributed by atoms with Crippen molar-refractivity contribution in [3.63, 3.8) is 0 Å². The molecule has 1 aromatic carbocycles. The van der Waals surface area contributed by atoms with Crippen molar-refractivity contribution >= 4 is 11.9 Å². The summed E-state index contributed by atoms with van der Waals surface area (Å²) < 4.78 is 5.31. The van der Waals surface area contributed by atoms with E-state index in [1.165, 1.54) is 0 Å². The van der Waals surface area contributed by atoms with E-state index in [-0.39, 0.29) is 13.0 Å². The molecule has 1 heterocycles. The molecule has 6 nitrogen and oxygen atoms in total. The van der Waals surface area contributed by atoms with E-state index in [0.29, 0.717) is 26.2 Å². The SMILES string of the molecule is O=C(O)Cc1ccc(CN2CCOCC(C(=O)O)C2)cc1. The van der Waals surface area contributed by atoms with Crippen molar-refractivity contribution < 1.29 is 24.5 Å². The van der Waals surface area contributed by atoms with E-state index in [2.05, 4.69) is 4.90 Å². The Kier molecular flexibility index (Phi) is 5.30.